The van der Waals surface area contributed by atoms with Crippen LogP contribution < -0.4 is 16.4 Å². The molecule has 1 heterocycles. The van der Waals surface area contributed by atoms with E-state index in [0.29, 0.717) is 0 Å². The van der Waals surface area contributed by atoms with E-state index in [2.05, 4.69) is 185 Å². The molecule has 0 saturated carbocycles. The van der Waals surface area contributed by atoms with E-state index in [1.54, 1.807) is 0 Å². The van der Waals surface area contributed by atoms with Crippen molar-refractivity contribution in [3.8, 4) is 22.4 Å². The van der Waals surface area contributed by atoms with Gasteiger partial charge in [0.2, 0.25) is 6.71 Å². The molecule has 0 radical (unpaired) electrons. The Bertz CT molecular complexity index is 2960. The van der Waals surface area contributed by atoms with Gasteiger partial charge in [-0.05, 0) is 83.3 Å². The third-order valence-corrected chi connectivity index (χ3v) is 11.7. The molecule has 250 valence electrons. The highest BCUT2D eigenvalue weighted by atomic mass is 14.7. The van der Waals surface area contributed by atoms with Gasteiger partial charge in [0.15, 0.2) is 0 Å². The zero-order valence-corrected chi connectivity index (χ0v) is 30.5. The van der Waals surface area contributed by atoms with Gasteiger partial charge in [-0.15, -0.1) is 0 Å². The fourth-order valence-corrected chi connectivity index (χ4v) is 9.31. The summed E-state index contributed by atoms with van der Waals surface area (Å²) in [6.45, 7) is 9.18. The second kappa shape index (κ2) is 12.2. The summed E-state index contributed by atoms with van der Waals surface area (Å²) in [5, 5.41) is 11.4. The van der Waals surface area contributed by atoms with E-state index in [4.69, 9.17) is 4.98 Å². The lowest BCUT2D eigenvalue weighted by Gasteiger charge is -2.24. The van der Waals surface area contributed by atoms with Crippen molar-refractivity contribution < 1.29 is 0 Å². The molecule has 0 bridgehead atoms. The van der Waals surface area contributed by atoms with Crippen molar-refractivity contribution in [1.29, 1.82) is 0 Å². The predicted octanol–water partition coefficient (Wildman–Crippen LogP) is 11.4. The molecule has 10 aromatic rings. The summed E-state index contributed by atoms with van der Waals surface area (Å²) in [5.41, 5.74) is 15.1. The molecule has 53 heavy (non-hydrogen) atoms. The Kier molecular flexibility index (Phi) is 7.23. The number of nitrogens with zero attached hydrogens (tertiary/aromatic N) is 1. The van der Waals surface area contributed by atoms with Crippen molar-refractivity contribution >= 4 is 77.1 Å². The maximum Gasteiger partial charge on any atom is 0.242 e. The maximum atomic E-state index is 5.25. The molecular weight excluding hydrogens is 637 g/mol. The second-order valence-electron chi connectivity index (χ2n) is 14.8. The molecule has 0 saturated heterocycles. The first-order valence-electron chi connectivity index (χ1n) is 18.7. The minimum absolute atomic E-state index is 0.129. The Morgan fingerprint density at radius 1 is 0.396 bits per heavy atom. The topological polar surface area (TPSA) is 12.9 Å². The summed E-state index contributed by atoms with van der Waals surface area (Å²) in [6.07, 6.45) is 0. The lowest BCUT2D eigenvalue weighted by Crippen LogP contribution is -2.55. The lowest BCUT2D eigenvalue weighted by atomic mass is 9.34. The van der Waals surface area contributed by atoms with Crippen LogP contribution in [0.4, 0.5) is 0 Å². The Hall–Kier alpha value is -6.25. The van der Waals surface area contributed by atoms with Crippen LogP contribution in [-0.2, 0) is 0 Å². The third-order valence-electron chi connectivity index (χ3n) is 11.7. The highest BCUT2D eigenvalue weighted by Gasteiger charge is 2.28. The largest absolute Gasteiger partial charge is 0.247 e. The molecule has 0 aliphatic carbocycles. The van der Waals surface area contributed by atoms with Crippen LogP contribution in [0.15, 0.2) is 158 Å². The summed E-state index contributed by atoms with van der Waals surface area (Å²) in [6, 6.07) is 58.4. The van der Waals surface area contributed by atoms with Gasteiger partial charge < -0.3 is 0 Å². The van der Waals surface area contributed by atoms with Gasteiger partial charge in [-0.1, -0.05) is 184 Å². The number of hydrogen-bond acceptors (Lipinski definition) is 1. The van der Waals surface area contributed by atoms with Crippen LogP contribution in [0.25, 0.3) is 76.4 Å². The van der Waals surface area contributed by atoms with Crippen molar-refractivity contribution in [1.82, 2.24) is 4.98 Å². The molecule has 9 aromatic carbocycles. The number of aryl methyl sites for hydroxylation is 4. The van der Waals surface area contributed by atoms with E-state index < -0.39 is 0 Å². The molecule has 0 atom stereocenters. The first-order chi connectivity index (χ1) is 26.0. The van der Waals surface area contributed by atoms with E-state index in [9.17, 15) is 0 Å². The molecule has 1 nitrogen and oxygen atoms in total. The van der Waals surface area contributed by atoms with E-state index in [0.717, 1.165) is 16.8 Å². The second-order valence-corrected chi connectivity index (χ2v) is 14.8. The van der Waals surface area contributed by atoms with Gasteiger partial charge in [-0.2, -0.15) is 0 Å². The third kappa shape index (κ3) is 4.90. The molecule has 0 unspecified atom stereocenters. The Balaban J connectivity index is 1.24. The van der Waals surface area contributed by atoms with Crippen molar-refractivity contribution in [2.24, 2.45) is 0 Å². The molecule has 0 fully saturated rings. The van der Waals surface area contributed by atoms with E-state index in [-0.39, 0.29) is 6.71 Å². The minimum atomic E-state index is 0.129. The molecule has 0 amide bonds. The summed E-state index contributed by atoms with van der Waals surface area (Å²) in [7, 11) is 0. The summed E-state index contributed by atoms with van der Waals surface area (Å²) < 4.78 is 0. The molecule has 0 N–H and O–H groups in total. The first kappa shape index (κ1) is 31.5. The fourth-order valence-electron chi connectivity index (χ4n) is 9.31. The van der Waals surface area contributed by atoms with E-state index in [1.165, 1.54) is 98.2 Å². The van der Waals surface area contributed by atoms with Gasteiger partial charge >= 0.3 is 0 Å². The van der Waals surface area contributed by atoms with Crippen LogP contribution in [0.3, 0.4) is 0 Å². The molecule has 0 aliphatic heterocycles. The number of para-hydroxylation sites is 1. The molecule has 10 rings (SSSR count). The maximum absolute atomic E-state index is 5.25. The zero-order valence-electron chi connectivity index (χ0n) is 30.5. The zero-order chi connectivity index (χ0) is 35.8. The highest BCUT2D eigenvalue weighted by molar-refractivity contribution is 6.96. The normalized spacial score (nSPS) is 11.8. The Morgan fingerprint density at radius 3 is 1.72 bits per heavy atom. The van der Waals surface area contributed by atoms with Crippen LogP contribution in [-0.4, -0.2) is 11.7 Å². The number of aromatic nitrogens is 1. The standard InChI is InChI=1S/C51H38BN/c1-31-13-10-14-32(2)49(31)52(50-33(3)15-11-16-34(50)4)39-20-12-19-37(29-39)40-26-23-35-24-28-43-47-38(25-27-41(40)46(35)47)30-44-48(43)42-21-8-9-22-45(42)53-51(44)36-17-6-5-7-18-36/h5-30H,1-4H3. The van der Waals surface area contributed by atoms with Crippen LogP contribution in [0.2, 0.25) is 0 Å². The van der Waals surface area contributed by atoms with Crippen LogP contribution in [0, 0.1) is 27.7 Å². The highest BCUT2D eigenvalue weighted by Crippen LogP contribution is 2.45. The number of fused-ring (bicyclic) bond motifs is 4. The van der Waals surface area contributed by atoms with Crippen molar-refractivity contribution in [3.05, 3.63) is 180 Å². The quantitative estimate of drug-likeness (QED) is 0.101. The summed E-state index contributed by atoms with van der Waals surface area (Å²) >= 11 is 0. The Labute approximate surface area is 311 Å². The SMILES string of the molecule is Cc1cccc(C)c1B(c1cccc(-c2ccc3ccc4c5c(cc6ccc2c3c64)c(-c2ccccc2)nc2ccccc25)c1)c1c(C)cccc1C. The molecular formula is C51H38BN. The lowest BCUT2D eigenvalue weighted by molar-refractivity contribution is 1.41. The van der Waals surface area contributed by atoms with Crippen molar-refractivity contribution in [3.63, 3.8) is 0 Å². The molecule has 0 spiro atoms. The van der Waals surface area contributed by atoms with Crippen LogP contribution in [0.1, 0.15) is 22.3 Å². The number of benzene rings is 9. The predicted molar refractivity (Wildman–Crippen MR) is 230 cm³/mol. The van der Waals surface area contributed by atoms with Gasteiger partial charge in [0.25, 0.3) is 0 Å². The van der Waals surface area contributed by atoms with Gasteiger partial charge in [0.1, 0.15) is 0 Å². The average molecular weight is 676 g/mol. The van der Waals surface area contributed by atoms with E-state index >= 15 is 0 Å². The van der Waals surface area contributed by atoms with Crippen LogP contribution in [0.5, 0.6) is 0 Å². The molecule has 1 aromatic heterocycles. The van der Waals surface area contributed by atoms with Crippen LogP contribution >= 0.6 is 0 Å². The molecule has 0 aliphatic rings. The van der Waals surface area contributed by atoms with E-state index in [1.807, 2.05) is 0 Å². The smallest absolute Gasteiger partial charge is 0.242 e. The molecule has 2 heteroatoms. The average Bonchev–Trinajstić information content (AvgIpc) is 3.18. The number of pyridine rings is 1. The minimum Gasteiger partial charge on any atom is -0.247 e. The number of rotatable bonds is 5. The van der Waals surface area contributed by atoms with Crippen molar-refractivity contribution in [2.75, 3.05) is 0 Å². The van der Waals surface area contributed by atoms with Gasteiger partial charge in [-0.25, -0.2) is 4.98 Å². The Morgan fingerprint density at radius 2 is 0.981 bits per heavy atom. The summed E-state index contributed by atoms with van der Waals surface area (Å²) in [5.74, 6) is 0. The van der Waals surface area contributed by atoms with Gasteiger partial charge in [-0.3, -0.25) is 0 Å². The monoisotopic (exact) mass is 675 g/mol. The van der Waals surface area contributed by atoms with Gasteiger partial charge in [0, 0.05) is 21.7 Å². The van der Waals surface area contributed by atoms with Gasteiger partial charge in [0.05, 0.1) is 11.2 Å². The van der Waals surface area contributed by atoms with Crippen molar-refractivity contribution in [2.45, 2.75) is 27.7 Å². The fraction of sp³-hybridized carbons (Fsp3) is 0.0784. The summed E-state index contributed by atoms with van der Waals surface area (Å²) in [4.78, 5) is 5.25. The number of hydrogen-bond donors (Lipinski definition) is 0. The first-order valence-corrected chi connectivity index (χ1v) is 18.7.